The molecule has 5 heteroatoms. The summed E-state index contributed by atoms with van der Waals surface area (Å²) in [5.74, 6) is 1.37. The van der Waals surface area contributed by atoms with Crippen LogP contribution >= 0.6 is 11.3 Å². The van der Waals surface area contributed by atoms with Gasteiger partial charge < -0.3 is 19.9 Å². The van der Waals surface area contributed by atoms with E-state index in [9.17, 15) is 5.11 Å². The number of hydrogen-bond donors (Lipinski definition) is 2. The van der Waals surface area contributed by atoms with E-state index in [0.29, 0.717) is 18.0 Å². The quantitative estimate of drug-likeness (QED) is 0.825. The molecule has 0 saturated carbocycles. The van der Waals surface area contributed by atoms with E-state index in [2.05, 4.69) is 23.7 Å². The van der Waals surface area contributed by atoms with Gasteiger partial charge in [0.1, 0.15) is 11.5 Å². The summed E-state index contributed by atoms with van der Waals surface area (Å²) in [6.07, 6.45) is -0.655. The van der Waals surface area contributed by atoms with E-state index < -0.39 is 6.10 Å². The Kier molecular flexibility index (Phi) is 5.61. The van der Waals surface area contributed by atoms with Crippen molar-refractivity contribution in [2.24, 2.45) is 0 Å². The molecule has 2 atom stereocenters. The Morgan fingerprint density at radius 2 is 2.05 bits per heavy atom. The molecule has 1 heterocycles. The van der Waals surface area contributed by atoms with Gasteiger partial charge in [-0.3, -0.25) is 0 Å². The SMILES string of the molecule is COc1ccc(OC)c(C(O)CNC(C)c2cccs2)c1. The summed E-state index contributed by atoms with van der Waals surface area (Å²) >= 11 is 1.70. The number of rotatable bonds is 7. The van der Waals surface area contributed by atoms with Crippen LogP contribution in [0.2, 0.25) is 0 Å². The number of aliphatic hydroxyl groups is 1. The average Bonchev–Trinajstić information content (AvgIpc) is 3.06. The van der Waals surface area contributed by atoms with Crippen molar-refractivity contribution in [3.63, 3.8) is 0 Å². The minimum absolute atomic E-state index is 0.205. The van der Waals surface area contributed by atoms with Crippen LogP contribution in [-0.2, 0) is 0 Å². The maximum absolute atomic E-state index is 10.4. The first-order valence-corrected chi connectivity index (χ1v) is 7.70. The van der Waals surface area contributed by atoms with Gasteiger partial charge in [-0.25, -0.2) is 0 Å². The molecule has 2 rings (SSSR count). The van der Waals surface area contributed by atoms with Gasteiger partial charge >= 0.3 is 0 Å². The number of aliphatic hydroxyl groups excluding tert-OH is 1. The predicted molar refractivity (Wildman–Crippen MR) is 85.2 cm³/mol. The molecule has 2 unspecified atom stereocenters. The lowest BCUT2D eigenvalue weighted by Crippen LogP contribution is -2.24. The molecule has 0 aliphatic rings. The van der Waals surface area contributed by atoms with Gasteiger partial charge in [-0.2, -0.15) is 0 Å². The Bertz CT molecular complexity index is 557. The molecule has 1 aromatic heterocycles. The first kappa shape index (κ1) is 15.8. The normalized spacial score (nSPS) is 13.7. The Morgan fingerprint density at radius 1 is 1.24 bits per heavy atom. The van der Waals surface area contributed by atoms with E-state index in [4.69, 9.17) is 9.47 Å². The Hall–Kier alpha value is -1.56. The molecule has 1 aromatic carbocycles. The van der Waals surface area contributed by atoms with Crippen molar-refractivity contribution >= 4 is 11.3 Å². The van der Waals surface area contributed by atoms with Gasteiger partial charge in [0.05, 0.1) is 20.3 Å². The number of hydrogen-bond acceptors (Lipinski definition) is 5. The van der Waals surface area contributed by atoms with Crippen molar-refractivity contribution in [2.75, 3.05) is 20.8 Å². The molecule has 2 aromatic rings. The Morgan fingerprint density at radius 3 is 2.67 bits per heavy atom. The maximum atomic E-state index is 10.4. The Labute approximate surface area is 129 Å². The predicted octanol–water partition coefficient (Wildman–Crippen LogP) is 3.15. The highest BCUT2D eigenvalue weighted by Crippen LogP contribution is 2.29. The second kappa shape index (κ2) is 7.45. The minimum Gasteiger partial charge on any atom is -0.497 e. The number of ether oxygens (including phenoxy) is 2. The minimum atomic E-state index is -0.655. The molecule has 2 N–H and O–H groups in total. The van der Waals surface area contributed by atoms with E-state index in [1.54, 1.807) is 37.7 Å². The van der Waals surface area contributed by atoms with Crippen LogP contribution in [0.25, 0.3) is 0 Å². The average molecular weight is 307 g/mol. The number of benzene rings is 1. The lowest BCUT2D eigenvalue weighted by Gasteiger charge is -2.19. The number of thiophene rings is 1. The molecular formula is C16H21NO3S. The van der Waals surface area contributed by atoms with Crippen LogP contribution in [0.15, 0.2) is 35.7 Å². The van der Waals surface area contributed by atoms with Crippen molar-refractivity contribution < 1.29 is 14.6 Å². The monoisotopic (exact) mass is 307 g/mol. The second-order valence-electron chi connectivity index (χ2n) is 4.77. The van der Waals surface area contributed by atoms with Crippen molar-refractivity contribution in [1.82, 2.24) is 5.32 Å². The zero-order valence-corrected chi connectivity index (χ0v) is 13.3. The van der Waals surface area contributed by atoms with Gasteiger partial charge in [0.2, 0.25) is 0 Å². The van der Waals surface area contributed by atoms with Crippen molar-refractivity contribution in [1.29, 1.82) is 0 Å². The molecule has 0 spiro atoms. The molecule has 114 valence electrons. The van der Waals surface area contributed by atoms with Gasteiger partial charge in [-0.15, -0.1) is 11.3 Å². The number of nitrogens with one attached hydrogen (secondary N) is 1. The van der Waals surface area contributed by atoms with Gasteiger partial charge in [0.25, 0.3) is 0 Å². The van der Waals surface area contributed by atoms with Crippen LogP contribution < -0.4 is 14.8 Å². The molecule has 0 aliphatic heterocycles. The van der Waals surface area contributed by atoms with Gasteiger partial charge in [0.15, 0.2) is 0 Å². The van der Waals surface area contributed by atoms with Crippen LogP contribution in [0.3, 0.4) is 0 Å². The summed E-state index contributed by atoms with van der Waals surface area (Å²) < 4.78 is 10.5. The first-order valence-electron chi connectivity index (χ1n) is 6.82. The molecule has 0 bridgehead atoms. The van der Waals surface area contributed by atoms with Crippen molar-refractivity contribution in [3.05, 3.63) is 46.2 Å². The lowest BCUT2D eigenvalue weighted by molar-refractivity contribution is 0.166. The molecule has 21 heavy (non-hydrogen) atoms. The molecule has 4 nitrogen and oxygen atoms in total. The zero-order valence-electron chi connectivity index (χ0n) is 12.5. The van der Waals surface area contributed by atoms with E-state index in [-0.39, 0.29) is 6.04 Å². The molecule has 0 aliphatic carbocycles. The van der Waals surface area contributed by atoms with Crippen molar-refractivity contribution in [3.8, 4) is 11.5 Å². The summed E-state index contributed by atoms with van der Waals surface area (Å²) in [6, 6.07) is 9.74. The third kappa shape index (κ3) is 3.97. The summed E-state index contributed by atoms with van der Waals surface area (Å²) in [6.45, 7) is 2.53. The van der Waals surface area contributed by atoms with Gasteiger partial charge in [-0.05, 0) is 36.6 Å². The zero-order chi connectivity index (χ0) is 15.2. The van der Waals surface area contributed by atoms with Crippen LogP contribution in [0.1, 0.15) is 29.5 Å². The van der Waals surface area contributed by atoms with E-state index in [1.807, 2.05) is 12.1 Å². The number of methoxy groups -OCH3 is 2. The highest BCUT2D eigenvalue weighted by molar-refractivity contribution is 7.10. The van der Waals surface area contributed by atoms with Crippen LogP contribution in [0, 0.1) is 0 Å². The third-order valence-corrected chi connectivity index (χ3v) is 4.44. The fourth-order valence-electron chi connectivity index (χ4n) is 2.14. The smallest absolute Gasteiger partial charge is 0.124 e. The fourth-order valence-corrected chi connectivity index (χ4v) is 2.90. The van der Waals surface area contributed by atoms with Gasteiger partial charge in [-0.1, -0.05) is 6.07 Å². The van der Waals surface area contributed by atoms with Crippen LogP contribution in [0.5, 0.6) is 11.5 Å². The largest absolute Gasteiger partial charge is 0.497 e. The van der Waals surface area contributed by atoms with E-state index >= 15 is 0 Å². The summed E-state index contributed by atoms with van der Waals surface area (Å²) in [5.41, 5.74) is 0.725. The van der Waals surface area contributed by atoms with Gasteiger partial charge in [0, 0.05) is 23.0 Å². The highest BCUT2D eigenvalue weighted by Gasteiger charge is 2.16. The third-order valence-electron chi connectivity index (χ3n) is 3.38. The summed E-state index contributed by atoms with van der Waals surface area (Å²) in [7, 11) is 3.20. The second-order valence-corrected chi connectivity index (χ2v) is 5.75. The maximum Gasteiger partial charge on any atom is 0.124 e. The standard InChI is InChI=1S/C16H21NO3S/c1-11(16-5-4-8-21-16)17-10-14(18)13-9-12(19-2)6-7-15(13)20-3/h4-9,11,14,17-18H,10H2,1-3H3. The molecular weight excluding hydrogens is 286 g/mol. The molecule has 0 fully saturated rings. The lowest BCUT2D eigenvalue weighted by atomic mass is 10.1. The molecule has 0 radical (unpaired) electrons. The topological polar surface area (TPSA) is 50.7 Å². The van der Waals surface area contributed by atoms with E-state index in [1.165, 1.54) is 4.88 Å². The van der Waals surface area contributed by atoms with Crippen LogP contribution in [0.4, 0.5) is 0 Å². The highest BCUT2D eigenvalue weighted by atomic mass is 32.1. The molecule has 0 amide bonds. The first-order chi connectivity index (χ1) is 10.2. The summed E-state index contributed by atoms with van der Waals surface area (Å²) in [5, 5.41) is 15.8. The summed E-state index contributed by atoms with van der Waals surface area (Å²) in [4.78, 5) is 1.25. The van der Waals surface area contributed by atoms with Crippen molar-refractivity contribution in [2.45, 2.75) is 19.1 Å². The fraction of sp³-hybridized carbons (Fsp3) is 0.375. The molecule has 0 saturated heterocycles. The van der Waals surface area contributed by atoms with E-state index in [0.717, 1.165) is 5.56 Å². The van der Waals surface area contributed by atoms with Crippen LogP contribution in [-0.4, -0.2) is 25.9 Å². The Balaban J connectivity index is 2.04.